The van der Waals surface area contributed by atoms with Gasteiger partial charge in [0.15, 0.2) is 0 Å². The number of hydrogen-bond acceptors (Lipinski definition) is 5. The van der Waals surface area contributed by atoms with E-state index in [9.17, 15) is 4.79 Å². The van der Waals surface area contributed by atoms with E-state index in [1.807, 2.05) is 13.8 Å². The smallest absolute Gasteiger partial charge is 0.335 e. The fourth-order valence-corrected chi connectivity index (χ4v) is 2.43. The number of aromatic nitrogens is 1. The van der Waals surface area contributed by atoms with Gasteiger partial charge >= 0.3 is 5.97 Å². The van der Waals surface area contributed by atoms with E-state index in [0.717, 1.165) is 23.6 Å². The third-order valence-electron chi connectivity index (χ3n) is 2.89. The molecule has 0 saturated heterocycles. The second-order valence-electron chi connectivity index (χ2n) is 4.50. The van der Waals surface area contributed by atoms with Crippen LogP contribution in [-0.2, 0) is 0 Å². The van der Waals surface area contributed by atoms with Crippen molar-refractivity contribution < 1.29 is 19.1 Å². The first-order chi connectivity index (χ1) is 10.1. The molecule has 6 heteroatoms. The van der Waals surface area contributed by atoms with Crippen LogP contribution in [0.2, 0.25) is 0 Å². The first-order valence-corrected chi connectivity index (χ1v) is 7.58. The zero-order valence-electron chi connectivity index (χ0n) is 12.0. The Balaban J connectivity index is 1.68. The van der Waals surface area contributed by atoms with E-state index in [2.05, 4.69) is 4.98 Å². The summed E-state index contributed by atoms with van der Waals surface area (Å²) in [5.41, 5.74) is 1.18. The molecule has 2 rings (SSSR count). The number of nitrogens with zero attached hydrogens (tertiary/aromatic N) is 1. The number of aromatic carboxylic acids is 1. The van der Waals surface area contributed by atoms with E-state index < -0.39 is 5.97 Å². The zero-order valence-corrected chi connectivity index (χ0v) is 12.8. The molecule has 1 aromatic heterocycles. The van der Waals surface area contributed by atoms with Crippen LogP contribution in [0.5, 0.6) is 5.75 Å². The SMILES string of the molecule is Cc1nc(SCCCOc2ccc(C(=O)O)cc2)oc1C. The number of rotatable bonds is 7. The highest BCUT2D eigenvalue weighted by Crippen LogP contribution is 2.21. The number of carboxylic acid groups (broad SMARTS) is 1. The standard InChI is InChI=1S/C15H17NO4S/c1-10-11(2)20-15(16-10)21-9-3-8-19-13-6-4-12(5-7-13)14(17)18/h4-7H,3,8-9H2,1-2H3,(H,17,18). The number of aryl methyl sites for hydroxylation is 2. The first kappa shape index (κ1) is 15.4. The van der Waals surface area contributed by atoms with Crippen molar-refractivity contribution in [1.29, 1.82) is 0 Å². The molecule has 0 radical (unpaired) electrons. The molecular weight excluding hydrogens is 290 g/mol. The maximum Gasteiger partial charge on any atom is 0.335 e. The molecule has 112 valence electrons. The van der Waals surface area contributed by atoms with E-state index in [-0.39, 0.29) is 5.56 Å². The van der Waals surface area contributed by atoms with E-state index in [4.69, 9.17) is 14.3 Å². The summed E-state index contributed by atoms with van der Waals surface area (Å²) in [6.07, 6.45) is 0.853. The number of benzene rings is 1. The van der Waals surface area contributed by atoms with Gasteiger partial charge in [-0.15, -0.1) is 0 Å². The summed E-state index contributed by atoms with van der Waals surface area (Å²) in [6, 6.07) is 6.39. The van der Waals surface area contributed by atoms with Crippen LogP contribution in [0.3, 0.4) is 0 Å². The number of oxazole rings is 1. The van der Waals surface area contributed by atoms with Gasteiger partial charge in [0.05, 0.1) is 17.9 Å². The van der Waals surface area contributed by atoms with Crippen molar-refractivity contribution in [3.05, 3.63) is 41.3 Å². The molecule has 0 aliphatic rings. The average Bonchev–Trinajstić information content (AvgIpc) is 2.78. The van der Waals surface area contributed by atoms with E-state index in [1.54, 1.807) is 23.9 Å². The molecule has 0 fully saturated rings. The maximum atomic E-state index is 10.7. The van der Waals surface area contributed by atoms with Crippen LogP contribution in [0, 0.1) is 13.8 Å². The summed E-state index contributed by atoms with van der Waals surface area (Å²) in [7, 11) is 0. The van der Waals surface area contributed by atoms with Gasteiger partial charge in [0, 0.05) is 5.75 Å². The maximum absolute atomic E-state index is 10.7. The monoisotopic (exact) mass is 307 g/mol. The zero-order chi connectivity index (χ0) is 15.2. The average molecular weight is 307 g/mol. The lowest BCUT2D eigenvalue weighted by molar-refractivity contribution is 0.0697. The molecule has 0 spiro atoms. The molecule has 21 heavy (non-hydrogen) atoms. The van der Waals surface area contributed by atoms with Gasteiger partial charge in [0.25, 0.3) is 5.22 Å². The van der Waals surface area contributed by atoms with Gasteiger partial charge in [0.1, 0.15) is 11.5 Å². The lowest BCUT2D eigenvalue weighted by Crippen LogP contribution is -2.00. The lowest BCUT2D eigenvalue weighted by Gasteiger charge is -2.05. The Kier molecular flexibility index (Phi) is 5.27. The molecule has 1 N–H and O–H groups in total. The van der Waals surface area contributed by atoms with Gasteiger partial charge in [-0.1, -0.05) is 11.8 Å². The van der Waals surface area contributed by atoms with Crippen LogP contribution in [0.15, 0.2) is 33.9 Å². The minimum atomic E-state index is -0.936. The predicted molar refractivity (Wildman–Crippen MR) is 80.2 cm³/mol. The number of ether oxygens (including phenoxy) is 1. The molecule has 5 nitrogen and oxygen atoms in total. The van der Waals surface area contributed by atoms with Crippen LogP contribution in [0.25, 0.3) is 0 Å². The highest BCUT2D eigenvalue weighted by atomic mass is 32.2. The van der Waals surface area contributed by atoms with Crippen LogP contribution in [0.1, 0.15) is 28.2 Å². The Morgan fingerprint density at radius 2 is 2.05 bits per heavy atom. The van der Waals surface area contributed by atoms with Gasteiger partial charge in [-0.05, 0) is 44.5 Å². The molecule has 0 saturated carbocycles. The van der Waals surface area contributed by atoms with Gasteiger partial charge < -0.3 is 14.3 Å². The second-order valence-corrected chi connectivity index (χ2v) is 5.55. The van der Waals surface area contributed by atoms with Crippen LogP contribution in [0.4, 0.5) is 0 Å². The Labute approximate surface area is 127 Å². The Hall–Kier alpha value is -1.95. The quantitative estimate of drug-likeness (QED) is 0.623. The normalized spacial score (nSPS) is 10.6. The number of hydrogen-bond donors (Lipinski definition) is 1. The fraction of sp³-hybridized carbons (Fsp3) is 0.333. The molecule has 0 bridgehead atoms. The number of thioether (sulfide) groups is 1. The van der Waals surface area contributed by atoms with Crippen molar-refractivity contribution in [3.8, 4) is 5.75 Å². The Morgan fingerprint density at radius 1 is 1.33 bits per heavy atom. The fourth-order valence-electron chi connectivity index (χ4n) is 1.61. The van der Waals surface area contributed by atoms with Crippen molar-refractivity contribution >= 4 is 17.7 Å². The molecular formula is C15H17NO4S. The molecule has 0 amide bonds. The largest absolute Gasteiger partial charge is 0.494 e. The van der Waals surface area contributed by atoms with Crippen molar-refractivity contribution in [3.63, 3.8) is 0 Å². The summed E-state index contributed by atoms with van der Waals surface area (Å²) in [6.45, 7) is 4.39. The van der Waals surface area contributed by atoms with Crippen molar-refractivity contribution in [1.82, 2.24) is 4.98 Å². The Morgan fingerprint density at radius 3 is 2.62 bits per heavy atom. The number of carbonyl (C=O) groups is 1. The highest BCUT2D eigenvalue weighted by Gasteiger charge is 2.06. The van der Waals surface area contributed by atoms with E-state index in [0.29, 0.717) is 17.6 Å². The third kappa shape index (κ3) is 4.53. The summed E-state index contributed by atoms with van der Waals surface area (Å²) >= 11 is 1.56. The minimum Gasteiger partial charge on any atom is -0.494 e. The Bertz CT molecular complexity index is 587. The summed E-state index contributed by atoms with van der Waals surface area (Å²) in [5.74, 6) is 1.45. The predicted octanol–water partition coefficient (Wildman–Crippen LogP) is 3.55. The van der Waals surface area contributed by atoms with Crippen molar-refractivity contribution in [2.45, 2.75) is 25.5 Å². The summed E-state index contributed by atoms with van der Waals surface area (Å²) in [4.78, 5) is 15.0. The van der Waals surface area contributed by atoms with E-state index in [1.165, 1.54) is 12.1 Å². The topological polar surface area (TPSA) is 72.6 Å². The van der Waals surface area contributed by atoms with Crippen LogP contribution < -0.4 is 4.74 Å². The number of carboxylic acids is 1. The van der Waals surface area contributed by atoms with Gasteiger partial charge in [-0.3, -0.25) is 0 Å². The van der Waals surface area contributed by atoms with Crippen LogP contribution >= 0.6 is 11.8 Å². The van der Waals surface area contributed by atoms with Crippen molar-refractivity contribution in [2.24, 2.45) is 0 Å². The molecule has 0 atom stereocenters. The first-order valence-electron chi connectivity index (χ1n) is 6.59. The van der Waals surface area contributed by atoms with Gasteiger partial charge in [-0.2, -0.15) is 0 Å². The second kappa shape index (κ2) is 7.17. The van der Waals surface area contributed by atoms with Gasteiger partial charge in [-0.25, -0.2) is 9.78 Å². The molecule has 1 aromatic carbocycles. The third-order valence-corrected chi connectivity index (χ3v) is 3.81. The highest BCUT2D eigenvalue weighted by molar-refractivity contribution is 7.99. The molecule has 0 unspecified atom stereocenters. The van der Waals surface area contributed by atoms with Gasteiger partial charge in [0.2, 0.25) is 0 Å². The minimum absolute atomic E-state index is 0.257. The van der Waals surface area contributed by atoms with Crippen LogP contribution in [-0.4, -0.2) is 28.4 Å². The van der Waals surface area contributed by atoms with Crippen molar-refractivity contribution in [2.75, 3.05) is 12.4 Å². The molecule has 0 aliphatic carbocycles. The summed E-state index contributed by atoms with van der Waals surface area (Å²) in [5, 5.41) is 9.48. The molecule has 2 aromatic rings. The van der Waals surface area contributed by atoms with E-state index >= 15 is 0 Å². The summed E-state index contributed by atoms with van der Waals surface area (Å²) < 4.78 is 11.0. The molecule has 1 heterocycles. The lowest BCUT2D eigenvalue weighted by atomic mass is 10.2. The molecule has 0 aliphatic heterocycles.